The SMILES string of the molecule is CCC[SH](N)CCC. The van der Waals surface area contributed by atoms with Gasteiger partial charge in [-0.15, -0.1) is 0 Å². The molecule has 0 rings (SSSR count). The van der Waals surface area contributed by atoms with Crippen LogP contribution in [-0.4, -0.2) is 11.5 Å². The van der Waals surface area contributed by atoms with Crippen molar-refractivity contribution in [2.45, 2.75) is 26.7 Å². The largest absolute Gasteiger partial charge is 0.297 e. The minimum atomic E-state index is -0.0808. The minimum absolute atomic E-state index is 0.0808. The summed E-state index contributed by atoms with van der Waals surface area (Å²) < 4.78 is 0. The third-order valence-electron chi connectivity index (χ3n) is 1.02. The second-order valence-corrected chi connectivity index (χ2v) is 4.11. The Morgan fingerprint density at radius 3 is 1.75 bits per heavy atom. The Morgan fingerprint density at radius 1 is 1.12 bits per heavy atom. The van der Waals surface area contributed by atoms with Crippen LogP contribution < -0.4 is 5.14 Å². The Balaban J connectivity index is 2.92. The zero-order valence-corrected chi connectivity index (χ0v) is 6.75. The zero-order chi connectivity index (χ0) is 6.41. The summed E-state index contributed by atoms with van der Waals surface area (Å²) in [7, 11) is 0. The highest BCUT2D eigenvalue weighted by Crippen LogP contribution is 2.15. The lowest BCUT2D eigenvalue weighted by atomic mass is 10.6. The van der Waals surface area contributed by atoms with Gasteiger partial charge < -0.3 is 0 Å². The summed E-state index contributed by atoms with van der Waals surface area (Å²) in [5, 5.41) is 5.76. The highest BCUT2D eigenvalue weighted by atomic mass is 32.2. The van der Waals surface area contributed by atoms with E-state index in [1.54, 1.807) is 0 Å². The van der Waals surface area contributed by atoms with Crippen molar-refractivity contribution in [1.82, 2.24) is 0 Å². The molecule has 0 aromatic rings. The number of hydrogen-bond acceptors (Lipinski definition) is 1. The fraction of sp³-hybridized carbons (Fsp3) is 1.00. The van der Waals surface area contributed by atoms with Crippen LogP contribution in [0.1, 0.15) is 26.7 Å². The van der Waals surface area contributed by atoms with E-state index < -0.39 is 0 Å². The van der Waals surface area contributed by atoms with Gasteiger partial charge in [0.05, 0.1) is 0 Å². The minimum Gasteiger partial charge on any atom is -0.297 e. The van der Waals surface area contributed by atoms with Gasteiger partial charge in [-0.05, 0) is 24.3 Å². The Hall–Kier alpha value is 0.310. The Kier molecular flexibility index (Phi) is 5.66. The van der Waals surface area contributed by atoms with E-state index in [2.05, 4.69) is 13.8 Å². The maximum absolute atomic E-state index is 5.76. The zero-order valence-electron chi connectivity index (χ0n) is 5.85. The smallest absolute Gasteiger partial charge is 0.0141 e. The number of nitrogens with two attached hydrogens (primary N) is 1. The molecule has 0 radical (unpaired) electrons. The number of thiol groups is 1. The summed E-state index contributed by atoms with van der Waals surface area (Å²) in [5.41, 5.74) is 0. The van der Waals surface area contributed by atoms with Gasteiger partial charge in [-0.1, -0.05) is 13.8 Å². The normalized spacial score (nSPS) is 11.6. The van der Waals surface area contributed by atoms with E-state index in [4.69, 9.17) is 5.14 Å². The van der Waals surface area contributed by atoms with Gasteiger partial charge in [0, 0.05) is 0 Å². The molecule has 0 bridgehead atoms. The average molecular weight is 135 g/mol. The molecular weight excluding hydrogens is 118 g/mol. The molecule has 52 valence electrons. The third-order valence-corrected chi connectivity index (χ3v) is 3.06. The van der Waals surface area contributed by atoms with E-state index in [0.717, 1.165) is 0 Å². The van der Waals surface area contributed by atoms with Crippen molar-refractivity contribution >= 4 is 11.1 Å². The van der Waals surface area contributed by atoms with E-state index >= 15 is 0 Å². The molecule has 2 heteroatoms. The Labute approximate surface area is 55.1 Å². The van der Waals surface area contributed by atoms with Crippen LogP contribution in [0.25, 0.3) is 0 Å². The summed E-state index contributed by atoms with van der Waals surface area (Å²) >= 11 is -0.0808. The van der Waals surface area contributed by atoms with Gasteiger partial charge in [0.2, 0.25) is 0 Å². The van der Waals surface area contributed by atoms with Crippen LogP contribution >= 0.6 is 11.1 Å². The van der Waals surface area contributed by atoms with Crippen LogP contribution in [-0.2, 0) is 0 Å². The third kappa shape index (κ3) is 4.47. The lowest BCUT2D eigenvalue weighted by Gasteiger charge is -2.11. The maximum atomic E-state index is 5.76. The van der Waals surface area contributed by atoms with Crippen molar-refractivity contribution in [3.8, 4) is 0 Å². The highest BCUT2D eigenvalue weighted by molar-refractivity contribution is 8.15. The van der Waals surface area contributed by atoms with Crippen molar-refractivity contribution < 1.29 is 0 Å². The van der Waals surface area contributed by atoms with Crippen LogP contribution in [0.3, 0.4) is 0 Å². The first kappa shape index (κ1) is 8.31. The molecular formula is C6H17NS. The average Bonchev–Trinajstić information content (AvgIpc) is 1.68. The molecule has 2 N–H and O–H groups in total. The lowest BCUT2D eigenvalue weighted by Crippen LogP contribution is -2.01. The fourth-order valence-electron chi connectivity index (χ4n) is 0.686. The van der Waals surface area contributed by atoms with Crippen molar-refractivity contribution in [3.05, 3.63) is 0 Å². The van der Waals surface area contributed by atoms with Crippen molar-refractivity contribution in [2.24, 2.45) is 5.14 Å². The van der Waals surface area contributed by atoms with Gasteiger partial charge in [-0.3, -0.25) is 5.14 Å². The molecule has 0 spiro atoms. The number of hydrogen-bond donors (Lipinski definition) is 2. The molecule has 0 aliphatic heterocycles. The Morgan fingerprint density at radius 2 is 1.50 bits per heavy atom. The second-order valence-electron chi connectivity index (χ2n) is 2.04. The van der Waals surface area contributed by atoms with Crippen LogP contribution in [0, 0.1) is 0 Å². The molecule has 0 aromatic heterocycles. The van der Waals surface area contributed by atoms with Gasteiger partial charge in [0.15, 0.2) is 0 Å². The van der Waals surface area contributed by atoms with E-state index in [-0.39, 0.29) is 11.1 Å². The first-order chi connectivity index (χ1) is 3.81. The number of rotatable bonds is 4. The molecule has 0 aliphatic carbocycles. The van der Waals surface area contributed by atoms with Crippen molar-refractivity contribution in [3.63, 3.8) is 0 Å². The maximum Gasteiger partial charge on any atom is -0.0141 e. The molecule has 0 unspecified atom stereocenters. The molecule has 0 aliphatic rings. The van der Waals surface area contributed by atoms with E-state index in [1.165, 1.54) is 24.3 Å². The summed E-state index contributed by atoms with van der Waals surface area (Å²) in [6.45, 7) is 4.38. The van der Waals surface area contributed by atoms with Gasteiger partial charge in [0.1, 0.15) is 0 Å². The van der Waals surface area contributed by atoms with Crippen LogP contribution in [0.4, 0.5) is 0 Å². The molecule has 0 aromatic carbocycles. The van der Waals surface area contributed by atoms with E-state index in [1.807, 2.05) is 0 Å². The first-order valence-corrected chi connectivity index (χ1v) is 5.09. The first-order valence-electron chi connectivity index (χ1n) is 3.30. The fourth-order valence-corrected chi connectivity index (χ4v) is 2.06. The highest BCUT2D eigenvalue weighted by Gasteiger charge is 1.90. The van der Waals surface area contributed by atoms with Gasteiger partial charge in [-0.25, -0.2) is 11.1 Å². The van der Waals surface area contributed by atoms with Gasteiger partial charge >= 0.3 is 0 Å². The second kappa shape index (κ2) is 5.45. The molecule has 0 saturated carbocycles. The lowest BCUT2D eigenvalue weighted by molar-refractivity contribution is 1.06. The molecule has 8 heavy (non-hydrogen) atoms. The molecule has 0 saturated heterocycles. The predicted octanol–water partition coefficient (Wildman–Crippen LogP) is 1.68. The molecule has 1 nitrogen and oxygen atoms in total. The summed E-state index contributed by atoms with van der Waals surface area (Å²) in [6.07, 6.45) is 2.50. The molecule has 0 atom stereocenters. The van der Waals surface area contributed by atoms with E-state index in [9.17, 15) is 0 Å². The topological polar surface area (TPSA) is 26.0 Å². The van der Waals surface area contributed by atoms with Crippen LogP contribution in [0.15, 0.2) is 0 Å². The van der Waals surface area contributed by atoms with Crippen LogP contribution in [0.5, 0.6) is 0 Å². The van der Waals surface area contributed by atoms with Crippen LogP contribution in [0.2, 0.25) is 0 Å². The quantitative estimate of drug-likeness (QED) is 0.564. The Bertz CT molecular complexity index is 41.8. The summed E-state index contributed by atoms with van der Waals surface area (Å²) in [6, 6.07) is 0. The monoisotopic (exact) mass is 135 g/mol. The van der Waals surface area contributed by atoms with Crippen molar-refractivity contribution in [2.75, 3.05) is 11.5 Å². The summed E-state index contributed by atoms with van der Waals surface area (Å²) in [4.78, 5) is 0. The van der Waals surface area contributed by atoms with Gasteiger partial charge in [-0.2, -0.15) is 0 Å². The van der Waals surface area contributed by atoms with Crippen molar-refractivity contribution in [1.29, 1.82) is 0 Å². The molecule has 0 fully saturated rings. The standard InChI is InChI=1S/C6H17NS/c1-3-5-8(7)6-4-2/h8H,3-7H2,1-2H3. The predicted molar refractivity (Wildman–Crippen MR) is 43.5 cm³/mol. The van der Waals surface area contributed by atoms with E-state index in [0.29, 0.717) is 0 Å². The summed E-state index contributed by atoms with van der Waals surface area (Å²) in [5.74, 6) is 2.51. The van der Waals surface area contributed by atoms with Gasteiger partial charge in [0.25, 0.3) is 0 Å². The molecule has 0 amide bonds. The molecule has 0 heterocycles.